The predicted octanol–water partition coefficient (Wildman–Crippen LogP) is 14.2. The highest BCUT2D eigenvalue weighted by Crippen LogP contribution is 2.38. The Kier molecular flexibility index (Phi) is 8.34. The van der Waals surface area contributed by atoms with Crippen molar-refractivity contribution in [1.29, 1.82) is 0 Å². The highest BCUT2D eigenvalue weighted by Gasteiger charge is 2.17. The maximum Gasteiger partial charge on any atom is 0.0978 e. The topological polar surface area (TPSA) is 51.6 Å². The van der Waals surface area contributed by atoms with Crippen molar-refractivity contribution in [2.24, 2.45) is 0 Å². The number of aryl methyl sites for hydroxylation is 1. The monoisotopic (exact) mass is 752 g/mol. The summed E-state index contributed by atoms with van der Waals surface area (Å²) in [5.41, 5.74) is 17.2. The van der Waals surface area contributed by atoms with Gasteiger partial charge in [-0.15, -0.1) is 0 Å². The van der Waals surface area contributed by atoms with Crippen molar-refractivity contribution in [2.75, 3.05) is 0 Å². The van der Waals surface area contributed by atoms with Gasteiger partial charge < -0.3 is 0 Å². The average molecular weight is 753 g/mol. The molecule has 0 fully saturated rings. The lowest BCUT2D eigenvalue weighted by atomic mass is 9.96. The lowest BCUT2D eigenvalue weighted by Gasteiger charge is -2.14. The van der Waals surface area contributed by atoms with Crippen molar-refractivity contribution in [3.05, 3.63) is 206 Å². The molecule has 0 amide bonds. The van der Waals surface area contributed by atoms with Gasteiger partial charge in [0.2, 0.25) is 0 Å². The first-order valence-electron chi connectivity index (χ1n) is 20.0. The van der Waals surface area contributed by atoms with Gasteiger partial charge in [-0.1, -0.05) is 170 Å². The molecule has 4 aromatic heterocycles. The van der Waals surface area contributed by atoms with Crippen molar-refractivity contribution in [3.8, 4) is 67.3 Å². The molecule has 59 heavy (non-hydrogen) atoms. The number of aromatic nitrogens is 4. The molecule has 4 heterocycles. The van der Waals surface area contributed by atoms with Crippen molar-refractivity contribution < 1.29 is 0 Å². The van der Waals surface area contributed by atoms with Gasteiger partial charge in [-0.05, 0) is 65.1 Å². The van der Waals surface area contributed by atoms with Gasteiger partial charge in [0.05, 0.1) is 44.8 Å². The fourth-order valence-electron chi connectivity index (χ4n) is 8.39. The van der Waals surface area contributed by atoms with Crippen molar-refractivity contribution in [2.45, 2.75) is 6.92 Å². The predicted molar refractivity (Wildman–Crippen MR) is 245 cm³/mol. The van der Waals surface area contributed by atoms with E-state index in [4.69, 9.17) is 19.9 Å². The van der Waals surface area contributed by atoms with E-state index < -0.39 is 0 Å². The van der Waals surface area contributed by atoms with Gasteiger partial charge >= 0.3 is 0 Å². The van der Waals surface area contributed by atoms with Gasteiger partial charge in [0, 0.05) is 43.8 Å². The average Bonchev–Trinajstić information content (AvgIpc) is 3.31. The molecule has 0 aliphatic rings. The largest absolute Gasteiger partial charge is 0.245 e. The van der Waals surface area contributed by atoms with Crippen LogP contribution in [0.4, 0.5) is 0 Å². The summed E-state index contributed by atoms with van der Waals surface area (Å²) in [7, 11) is 0. The molecular formula is C55H36N4. The van der Waals surface area contributed by atoms with Crippen LogP contribution in [-0.2, 0) is 0 Å². The summed E-state index contributed by atoms with van der Waals surface area (Å²) < 4.78 is 0. The van der Waals surface area contributed by atoms with Crippen molar-refractivity contribution in [1.82, 2.24) is 19.9 Å². The van der Waals surface area contributed by atoms with Crippen molar-refractivity contribution >= 4 is 43.6 Å². The van der Waals surface area contributed by atoms with Gasteiger partial charge in [-0.25, -0.2) is 19.9 Å². The molecule has 0 aliphatic carbocycles. The van der Waals surface area contributed by atoms with Crippen LogP contribution in [0.15, 0.2) is 200 Å². The Balaban J connectivity index is 1.03. The van der Waals surface area contributed by atoms with Crippen molar-refractivity contribution in [3.63, 3.8) is 0 Å². The van der Waals surface area contributed by atoms with Crippen LogP contribution in [-0.4, -0.2) is 19.9 Å². The second-order valence-electron chi connectivity index (χ2n) is 15.1. The van der Waals surface area contributed by atoms with Crippen LogP contribution >= 0.6 is 0 Å². The van der Waals surface area contributed by atoms with E-state index in [0.717, 1.165) is 116 Å². The summed E-state index contributed by atoms with van der Waals surface area (Å²) in [5.74, 6) is 0. The third-order valence-corrected chi connectivity index (χ3v) is 11.4. The first kappa shape index (κ1) is 34.4. The lowest BCUT2D eigenvalue weighted by molar-refractivity contribution is 1.33. The molecule has 0 N–H and O–H groups in total. The first-order chi connectivity index (χ1) is 29.1. The van der Waals surface area contributed by atoms with E-state index in [9.17, 15) is 0 Å². The van der Waals surface area contributed by atoms with E-state index in [1.165, 1.54) is 0 Å². The molecule has 7 aromatic carbocycles. The van der Waals surface area contributed by atoms with Crippen LogP contribution in [0.5, 0.6) is 0 Å². The van der Waals surface area contributed by atoms with Gasteiger partial charge in [-0.2, -0.15) is 0 Å². The SMILES string of the molecule is Cc1cc(-c2ccc3ccc4c(-c5ccccc5)cc(-c5ccccc5)nc4c3n2)ccc1-c1ccc2ccc3c(-c4ccccc4)cc(-c4ccccc4)nc3c2n1. The Morgan fingerprint density at radius 3 is 1.15 bits per heavy atom. The molecule has 0 radical (unpaired) electrons. The summed E-state index contributed by atoms with van der Waals surface area (Å²) in [4.78, 5) is 21.3. The zero-order chi connectivity index (χ0) is 39.3. The fourth-order valence-corrected chi connectivity index (χ4v) is 8.39. The summed E-state index contributed by atoms with van der Waals surface area (Å²) in [5, 5.41) is 4.27. The number of fused-ring (bicyclic) bond motifs is 6. The van der Waals surface area contributed by atoms with Crippen LogP contribution in [0.2, 0.25) is 0 Å². The fraction of sp³-hybridized carbons (Fsp3) is 0.0182. The molecule has 276 valence electrons. The molecule has 11 rings (SSSR count). The zero-order valence-corrected chi connectivity index (χ0v) is 32.3. The highest BCUT2D eigenvalue weighted by atomic mass is 14.8. The van der Waals surface area contributed by atoms with E-state index in [2.05, 4.69) is 195 Å². The summed E-state index contributed by atoms with van der Waals surface area (Å²) in [6.45, 7) is 2.16. The third-order valence-electron chi connectivity index (χ3n) is 11.4. The summed E-state index contributed by atoms with van der Waals surface area (Å²) in [6, 6.07) is 70.1. The van der Waals surface area contributed by atoms with E-state index in [-0.39, 0.29) is 0 Å². The molecular weight excluding hydrogens is 717 g/mol. The van der Waals surface area contributed by atoms with Gasteiger partial charge in [0.25, 0.3) is 0 Å². The lowest BCUT2D eigenvalue weighted by Crippen LogP contribution is -1.95. The second kappa shape index (κ2) is 14.3. The van der Waals surface area contributed by atoms with Crippen LogP contribution in [0.25, 0.3) is 111 Å². The zero-order valence-electron chi connectivity index (χ0n) is 32.3. The van der Waals surface area contributed by atoms with E-state index in [1.807, 2.05) is 12.1 Å². The number of hydrogen-bond acceptors (Lipinski definition) is 4. The molecule has 0 atom stereocenters. The quantitative estimate of drug-likeness (QED) is 0.159. The molecule has 4 heteroatoms. The number of rotatable bonds is 6. The van der Waals surface area contributed by atoms with Crippen LogP contribution in [0, 0.1) is 6.92 Å². The molecule has 0 bridgehead atoms. The number of pyridine rings is 4. The smallest absolute Gasteiger partial charge is 0.0978 e. The number of benzene rings is 7. The molecule has 0 saturated heterocycles. The minimum Gasteiger partial charge on any atom is -0.245 e. The molecule has 0 spiro atoms. The van der Waals surface area contributed by atoms with Gasteiger partial charge in [-0.3, -0.25) is 0 Å². The minimum atomic E-state index is 0.886. The van der Waals surface area contributed by atoms with Crippen LogP contribution in [0.3, 0.4) is 0 Å². The maximum atomic E-state index is 5.36. The standard InChI is InChI=1S/C55H36N4/c1-35-32-42(48-30-25-40-22-28-44-46(36-14-6-2-7-15-36)33-50(38-18-10-4-11-19-38)58-54(44)52(40)56-48)24-27-43(35)49-31-26-41-23-29-45-47(37-16-8-3-9-17-37)34-51(39-20-12-5-13-21-39)59-55(45)53(41)57-49/h2-34H,1H3. The minimum absolute atomic E-state index is 0.886. The Morgan fingerprint density at radius 2 is 0.678 bits per heavy atom. The molecule has 0 saturated carbocycles. The number of hydrogen-bond donors (Lipinski definition) is 0. The number of nitrogens with zero attached hydrogens (tertiary/aromatic N) is 4. The normalized spacial score (nSPS) is 11.5. The highest BCUT2D eigenvalue weighted by molar-refractivity contribution is 6.11. The summed E-state index contributed by atoms with van der Waals surface area (Å²) in [6.07, 6.45) is 0. The Hall–Kier alpha value is -7.82. The van der Waals surface area contributed by atoms with E-state index >= 15 is 0 Å². The van der Waals surface area contributed by atoms with Crippen LogP contribution < -0.4 is 0 Å². The Bertz CT molecular complexity index is 3370. The second-order valence-corrected chi connectivity index (χ2v) is 15.1. The first-order valence-corrected chi connectivity index (χ1v) is 20.0. The Morgan fingerprint density at radius 1 is 0.271 bits per heavy atom. The van der Waals surface area contributed by atoms with Gasteiger partial charge in [0.15, 0.2) is 0 Å². The van der Waals surface area contributed by atoms with Gasteiger partial charge in [0.1, 0.15) is 0 Å². The van der Waals surface area contributed by atoms with E-state index in [0.29, 0.717) is 0 Å². The van der Waals surface area contributed by atoms with Crippen LogP contribution in [0.1, 0.15) is 5.56 Å². The molecule has 4 nitrogen and oxygen atoms in total. The third kappa shape index (κ3) is 6.19. The molecule has 0 unspecified atom stereocenters. The molecule has 0 aliphatic heterocycles. The van der Waals surface area contributed by atoms with E-state index in [1.54, 1.807) is 0 Å². The molecule has 11 aromatic rings. The maximum absolute atomic E-state index is 5.36. The summed E-state index contributed by atoms with van der Waals surface area (Å²) >= 11 is 0. The Labute approximate surface area is 342 Å².